The molecule has 0 spiro atoms. The fourth-order valence-corrected chi connectivity index (χ4v) is 2.47. The zero-order chi connectivity index (χ0) is 13.7. The lowest BCUT2D eigenvalue weighted by atomic mass is 10.3. The molecule has 0 aliphatic carbocycles. The van der Waals surface area contributed by atoms with E-state index in [2.05, 4.69) is 15.6 Å². The Kier molecular flexibility index (Phi) is 9.01. The molecule has 1 atom stereocenters. The highest BCUT2D eigenvalue weighted by Gasteiger charge is 2.12. The molecule has 21 heavy (non-hydrogen) atoms. The number of amides is 1. The van der Waals surface area contributed by atoms with Crippen LogP contribution in [-0.4, -0.2) is 17.4 Å². The maximum Gasteiger partial charge on any atom is 0.239 e. The van der Waals surface area contributed by atoms with E-state index in [0.717, 1.165) is 16.4 Å². The van der Waals surface area contributed by atoms with Crippen molar-refractivity contribution in [3.63, 3.8) is 0 Å². The molecular weight excluding hydrogens is 329 g/mol. The Balaban J connectivity index is 0.00000200. The molecule has 0 radical (unpaired) electrons. The van der Waals surface area contributed by atoms with Crippen molar-refractivity contribution in [3.05, 3.63) is 46.4 Å². The van der Waals surface area contributed by atoms with Crippen molar-refractivity contribution >= 4 is 47.7 Å². The summed E-state index contributed by atoms with van der Waals surface area (Å²) in [5, 5.41) is 8.93. The van der Waals surface area contributed by atoms with Gasteiger partial charge < -0.3 is 10.6 Å². The van der Waals surface area contributed by atoms with Crippen molar-refractivity contribution in [2.45, 2.75) is 19.9 Å². The Hall–Kier alpha value is -1.30. The van der Waals surface area contributed by atoms with E-state index in [-0.39, 0.29) is 43.3 Å². The molecule has 2 aromatic rings. The molecule has 0 fully saturated rings. The van der Waals surface area contributed by atoms with Crippen molar-refractivity contribution in [1.82, 2.24) is 10.3 Å². The number of rotatable bonds is 5. The zero-order valence-electron chi connectivity index (χ0n) is 11.8. The number of hydrogen-bond donors (Lipinski definition) is 2. The number of thiazole rings is 1. The molecule has 1 amide bonds. The van der Waals surface area contributed by atoms with Crippen molar-refractivity contribution in [2.75, 3.05) is 11.9 Å². The van der Waals surface area contributed by atoms with Crippen LogP contribution in [-0.2, 0) is 4.79 Å². The molecule has 4 nitrogen and oxygen atoms in total. The molecule has 2 rings (SSSR count). The number of nitrogens with zero attached hydrogens (tertiary/aromatic N) is 1. The summed E-state index contributed by atoms with van der Waals surface area (Å²) in [5.41, 5.74) is 1.93. The highest BCUT2D eigenvalue weighted by atomic mass is 35.5. The Morgan fingerprint density at radius 3 is 2.52 bits per heavy atom. The molecular formula is C14H19Cl2N3OS. The van der Waals surface area contributed by atoms with E-state index in [0.29, 0.717) is 0 Å². The number of aromatic nitrogens is 1. The van der Waals surface area contributed by atoms with Gasteiger partial charge in [-0.3, -0.25) is 4.79 Å². The first-order valence-electron chi connectivity index (χ1n) is 6.15. The van der Waals surface area contributed by atoms with Gasteiger partial charge in [-0.05, 0) is 26.0 Å². The van der Waals surface area contributed by atoms with Crippen LogP contribution in [0.3, 0.4) is 0 Å². The number of para-hydroxylation sites is 1. The van der Waals surface area contributed by atoms with Crippen molar-refractivity contribution in [3.8, 4) is 0 Å². The Morgan fingerprint density at radius 1 is 1.29 bits per heavy atom. The van der Waals surface area contributed by atoms with Gasteiger partial charge in [0, 0.05) is 16.8 Å². The van der Waals surface area contributed by atoms with Crippen LogP contribution in [0.15, 0.2) is 35.7 Å². The van der Waals surface area contributed by atoms with E-state index in [4.69, 9.17) is 0 Å². The number of carbonyl (C=O) groups excluding carboxylic acids is 1. The number of nitrogens with one attached hydrogen (secondary N) is 2. The molecule has 0 aliphatic heterocycles. The van der Waals surface area contributed by atoms with Crippen LogP contribution in [0.2, 0.25) is 0 Å². The molecule has 0 bridgehead atoms. The fourth-order valence-electron chi connectivity index (χ4n) is 1.66. The minimum atomic E-state index is -0.0521. The van der Waals surface area contributed by atoms with E-state index in [1.54, 1.807) is 11.3 Å². The molecule has 116 valence electrons. The third-order valence-electron chi connectivity index (χ3n) is 2.61. The lowest BCUT2D eigenvalue weighted by Gasteiger charge is -2.12. The van der Waals surface area contributed by atoms with Crippen LogP contribution in [0.25, 0.3) is 0 Å². The molecule has 1 heterocycles. The van der Waals surface area contributed by atoms with Gasteiger partial charge in [-0.25, -0.2) is 4.98 Å². The zero-order valence-corrected chi connectivity index (χ0v) is 14.3. The highest BCUT2D eigenvalue weighted by molar-refractivity contribution is 7.09. The normalized spacial score (nSPS) is 10.8. The molecule has 0 saturated heterocycles. The third-order valence-corrected chi connectivity index (χ3v) is 3.76. The van der Waals surface area contributed by atoms with Gasteiger partial charge in [0.25, 0.3) is 0 Å². The van der Waals surface area contributed by atoms with E-state index in [9.17, 15) is 4.79 Å². The van der Waals surface area contributed by atoms with Crippen LogP contribution >= 0.6 is 36.2 Å². The maximum atomic E-state index is 11.8. The van der Waals surface area contributed by atoms with Gasteiger partial charge >= 0.3 is 0 Å². The first-order valence-corrected chi connectivity index (χ1v) is 7.03. The lowest BCUT2D eigenvalue weighted by molar-refractivity contribution is -0.120. The first-order chi connectivity index (χ1) is 9.15. The van der Waals surface area contributed by atoms with Gasteiger partial charge in [-0.15, -0.1) is 36.2 Å². The molecule has 1 unspecified atom stereocenters. The van der Waals surface area contributed by atoms with Crippen molar-refractivity contribution < 1.29 is 4.79 Å². The van der Waals surface area contributed by atoms with Gasteiger partial charge in [-0.1, -0.05) is 18.2 Å². The summed E-state index contributed by atoms with van der Waals surface area (Å²) in [5.74, 6) is -0.0378. The molecule has 7 heteroatoms. The molecule has 0 aliphatic rings. The first kappa shape index (κ1) is 19.7. The van der Waals surface area contributed by atoms with Gasteiger partial charge in [0.15, 0.2) is 0 Å². The standard InChI is InChI=1S/C14H17N3OS.2ClH/c1-10-9-19-14(16-10)11(2)17-13(18)8-15-12-6-4-3-5-7-12;;/h3-7,9,11,15H,8H2,1-2H3,(H,17,18);2*1H. The minimum absolute atomic E-state index is 0. The molecule has 2 N–H and O–H groups in total. The average molecular weight is 348 g/mol. The second-order valence-electron chi connectivity index (χ2n) is 4.34. The third kappa shape index (κ3) is 6.33. The van der Waals surface area contributed by atoms with Crippen LogP contribution in [0.1, 0.15) is 23.7 Å². The van der Waals surface area contributed by atoms with E-state index < -0.39 is 0 Å². The Morgan fingerprint density at radius 2 is 1.95 bits per heavy atom. The second kappa shape index (κ2) is 9.60. The number of hydrogen-bond acceptors (Lipinski definition) is 4. The van der Waals surface area contributed by atoms with E-state index >= 15 is 0 Å². The summed E-state index contributed by atoms with van der Waals surface area (Å²) in [4.78, 5) is 16.2. The topological polar surface area (TPSA) is 54.0 Å². The van der Waals surface area contributed by atoms with Gasteiger partial charge in [0.1, 0.15) is 5.01 Å². The summed E-state index contributed by atoms with van der Waals surface area (Å²) in [7, 11) is 0. The average Bonchev–Trinajstić information content (AvgIpc) is 2.84. The lowest BCUT2D eigenvalue weighted by Crippen LogP contribution is -2.32. The van der Waals surface area contributed by atoms with Crippen LogP contribution in [0.4, 0.5) is 5.69 Å². The van der Waals surface area contributed by atoms with Gasteiger partial charge in [0.05, 0.1) is 12.6 Å². The van der Waals surface area contributed by atoms with Gasteiger partial charge in [0.2, 0.25) is 5.91 Å². The largest absolute Gasteiger partial charge is 0.376 e. The SMILES string of the molecule is Cc1csc(C(C)NC(=O)CNc2ccccc2)n1.Cl.Cl. The molecule has 1 aromatic heterocycles. The Bertz CT molecular complexity index is 548. The van der Waals surface area contributed by atoms with E-state index in [1.807, 2.05) is 49.6 Å². The number of benzene rings is 1. The van der Waals surface area contributed by atoms with Gasteiger partial charge in [-0.2, -0.15) is 0 Å². The number of halogens is 2. The summed E-state index contributed by atoms with van der Waals surface area (Å²) in [6.45, 7) is 4.16. The van der Waals surface area contributed by atoms with Crippen molar-refractivity contribution in [2.24, 2.45) is 0 Å². The molecule has 1 aromatic carbocycles. The smallest absolute Gasteiger partial charge is 0.239 e. The molecule has 0 saturated carbocycles. The predicted molar refractivity (Wildman–Crippen MR) is 92.8 cm³/mol. The minimum Gasteiger partial charge on any atom is -0.376 e. The number of anilines is 1. The summed E-state index contributed by atoms with van der Waals surface area (Å²) in [6.07, 6.45) is 0. The summed E-state index contributed by atoms with van der Waals surface area (Å²) >= 11 is 1.57. The van der Waals surface area contributed by atoms with Crippen LogP contribution < -0.4 is 10.6 Å². The summed E-state index contributed by atoms with van der Waals surface area (Å²) in [6, 6.07) is 9.62. The maximum absolute atomic E-state index is 11.8. The van der Waals surface area contributed by atoms with Crippen LogP contribution in [0, 0.1) is 6.92 Å². The summed E-state index contributed by atoms with van der Waals surface area (Å²) < 4.78 is 0. The van der Waals surface area contributed by atoms with E-state index in [1.165, 1.54) is 0 Å². The fraction of sp³-hybridized carbons (Fsp3) is 0.286. The van der Waals surface area contributed by atoms with Crippen molar-refractivity contribution in [1.29, 1.82) is 0 Å². The van der Waals surface area contributed by atoms with Crippen LogP contribution in [0.5, 0.6) is 0 Å². The number of aryl methyl sites for hydroxylation is 1. The highest BCUT2D eigenvalue weighted by Crippen LogP contribution is 2.17. The Labute approximate surface area is 141 Å². The monoisotopic (exact) mass is 347 g/mol. The number of carbonyl (C=O) groups is 1. The second-order valence-corrected chi connectivity index (χ2v) is 5.23. The predicted octanol–water partition coefficient (Wildman–Crippen LogP) is 3.58. The quantitative estimate of drug-likeness (QED) is 0.868.